The van der Waals surface area contributed by atoms with E-state index in [9.17, 15) is 0 Å². The number of hydrogen-bond acceptors (Lipinski definition) is 4. The van der Waals surface area contributed by atoms with Crippen LogP contribution in [-0.4, -0.2) is 26.3 Å². The third-order valence-electron chi connectivity index (χ3n) is 2.72. The second-order valence-electron chi connectivity index (χ2n) is 5.03. The number of hydrogen-bond donors (Lipinski definition) is 1. The summed E-state index contributed by atoms with van der Waals surface area (Å²) in [7, 11) is 0. The van der Waals surface area contributed by atoms with Gasteiger partial charge in [-0.05, 0) is 18.8 Å². The normalized spacial score (nSPS) is 10.9. The van der Waals surface area contributed by atoms with E-state index in [0.29, 0.717) is 5.92 Å². The molecule has 102 valence electrons. The van der Waals surface area contributed by atoms with Gasteiger partial charge in [0, 0.05) is 24.9 Å². The molecule has 1 N–H and O–H groups in total. The minimum atomic E-state index is 0.591. The first kappa shape index (κ1) is 13.5. The highest BCUT2D eigenvalue weighted by atomic mass is 15.4. The second kappa shape index (κ2) is 6.31. The van der Waals surface area contributed by atoms with Crippen molar-refractivity contribution in [3.63, 3.8) is 0 Å². The predicted molar refractivity (Wildman–Crippen MR) is 76.5 cm³/mol. The van der Waals surface area contributed by atoms with E-state index < -0.39 is 0 Å². The number of rotatable bonds is 6. The van der Waals surface area contributed by atoms with Crippen LogP contribution in [0.3, 0.4) is 0 Å². The van der Waals surface area contributed by atoms with Crippen molar-refractivity contribution >= 4 is 5.82 Å². The summed E-state index contributed by atoms with van der Waals surface area (Å²) in [6, 6.07) is 3.97. The first-order valence-corrected chi connectivity index (χ1v) is 6.80. The molecule has 5 heteroatoms. The van der Waals surface area contributed by atoms with Crippen LogP contribution in [0.5, 0.6) is 0 Å². The summed E-state index contributed by atoms with van der Waals surface area (Å²) in [4.78, 5) is 8.20. The first-order chi connectivity index (χ1) is 9.20. The molecule has 5 nitrogen and oxygen atoms in total. The fourth-order valence-corrected chi connectivity index (χ4v) is 1.91. The highest BCUT2D eigenvalue weighted by Gasteiger charge is 2.11. The number of nitrogens with zero attached hydrogens (tertiary/aromatic N) is 4. The zero-order chi connectivity index (χ0) is 13.7. The number of nitrogens with one attached hydrogen (secondary N) is 1. The fraction of sp³-hybridized carbons (Fsp3) is 0.500. The van der Waals surface area contributed by atoms with Crippen LogP contribution in [0.25, 0.3) is 5.82 Å². The number of anilines is 1. The van der Waals surface area contributed by atoms with E-state index in [1.165, 1.54) is 0 Å². The Kier molecular flexibility index (Phi) is 4.49. The molecule has 2 aromatic heterocycles. The Hall–Kier alpha value is -1.91. The molecule has 0 aliphatic heterocycles. The summed E-state index contributed by atoms with van der Waals surface area (Å²) in [5, 5.41) is 8.03. The fourth-order valence-electron chi connectivity index (χ4n) is 1.91. The van der Waals surface area contributed by atoms with E-state index in [1.54, 1.807) is 12.5 Å². The van der Waals surface area contributed by atoms with Gasteiger partial charge in [-0.2, -0.15) is 9.78 Å². The van der Waals surface area contributed by atoms with Crippen molar-refractivity contribution in [3.8, 4) is 5.82 Å². The smallest absolute Gasteiger partial charge is 0.159 e. The van der Waals surface area contributed by atoms with Crippen LogP contribution in [0.15, 0.2) is 24.7 Å². The molecular formula is C14H21N5. The summed E-state index contributed by atoms with van der Waals surface area (Å²) >= 11 is 0. The van der Waals surface area contributed by atoms with Crippen molar-refractivity contribution in [2.45, 2.75) is 33.6 Å². The van der Waals surface area contributed by atoms with Crippen LogP contribution < -0.4 is 5.32 Å². The molecule has 0 saturated heterocycles. The van der Waals surface area contributed by atoms with Gasteiger partial charge in [-0.1, -0.05) is 20.8 Å². The molecule has 0 aliphatic rings. The van der Waals surface area contributed by atoms with Crippen molar-refractivity contribution in [1.29, 1.82) is 0 Å². The standard InChI is InChI=1S/C14H21N5/c1-4-6-16-14-9-12(8-11(2)3)18-19(14)13-5-7-15-10-17-13/h5,7,9-11,16H,4,6,8H2,1-3H3. The first-order valence-electron chi connectivity index (χ1n) is 6.80. The van der Waals surface area contributed by atoms with Crippen LogP contribution >= 0.6 is 0 Å². The lowest BCUT2D eigenvalue weighted by Crippen LogP contribution is -2.08. The lowest BCUT2D eigenvalue weighted by molar-refractivity contribution is 0.627. The topological polar surface area (TPSA) is 55.6 Å². The Bertz CT molecular complexity index is 504. The molecule has 0 atom stereocenters. The minimum Gasteiger partial charge on any atom is -0.370 e. The summed E-state index contributed by atoms with van der Waals surface area (Å²) < 4.78 is 1.86. The van der Waals surface area contributed by atoms with E-state index >= 15 is 0 Å². The molecule has 0 unspecified atom stereocenters. The average molecular weight is 259 g/mol. The van der Waals surface area contributed by atoms with E-state index in [-0.39, 0.29) is 0 Å². The van der Waals surface area contributed by atoms with Gasteiger partial charge in [0.15, 0.2) is 5.82 Å². The van der Waals surface area contributed by atoms with Crippen LogP contribution in [0.1, 0.15) is 32.9 Å². The van der Waals surface area contributed by atoms with Crippen molar-refractivity contribution in [2.75, 3.05) is 11.9 Å². The van der Waals surface area contributed by atoms with Gasteiger partial charge in [-0.3, -0.25) is 0 Å². The van der Waals surface area contributed by atoms with Crippen molar-refractivity contribution < 1.29 is 0 Å². The van der Waals surface area contributed by atoms with Crippen molar-refractivity contribution in [2.24, 2.45) is 5.92 Å². The van der Waals surface area contributed by atoms with Gasteiger partial charge >= 0.3 is 0 Å². The maximum atomic E-state index is 4.64. The van der Waals surface area contributed by atoms with Gasteiger partial charge in [0.2, 0.25) is 0 Å². The highest BCUT2D eigenvalue weighted by Crippen LogP contribution is 2.17. The van der Waals surface area contributed by atoms with E-state index in [4.69, 9.17) is 0 Å². The molecule has 0 fully saturated rings. The predicted octanol–water partition coefficient (Wildman–Crippen LogP) is 2.68. The van der Waals surface area contributed by atoms with Gasteiger partial charge in [0.1, 0.15) is 12.1 Å². The van der Waals surface area contributed by atoms with Gasteiger partial charge in [-0.15, -0.1) is 0 Å². The lowest BCUT2D eigenvalue weighted by Gasteiger charge is -2.07. The minimum absolute atomic E-state index is 0.591. The summed E-state index contributed by atoms with van der Waals surface area (Å²) in [6.07, 6.45) is 5.33. The Morgan fingerprint density at radius 1 is 1.37 bits per heavy atom. The molecule has 0 saturated carbocycles. The van der Waals surface area contributed by atoms with Crippen LogP contribution in [0.4, 0.5) is 5.82 Å². The monoisotopic (exact) mass is 259 g/mol. The largest absolute Gasteiger partial charge is 0.370 e. The van der Waals surface area contributed by atoms with Crippen LogP contribution in [0.2, 0.25) is 0 Å². The lowest BCUT2D eigenvalue weighted by atomic mass is 10.1. The van der Waals surface area contributed by atoms with Gasteiger partial charge in [0.05, 0.1) is 5.69 Å². The number of aromatic nitrogens is 4. The van der Waals surface area contributed by atoms with Crippen molar-refractivity contribution in [1.82, 2.24) is 19.7 Å². The maximum absolute atomic E-state index is 4.64. The molecule has 0 aliphatic carbocycles. The Balaban J connectivity index is 2.31. The SMILES string of the molecule is CCCNc1cc(CC(C)C)nn1-c1ccncn1. The quantitative estimate of drug-likeness (QED) is 0.866. The Morgan fingerprint density at radius 3 is 2.84 bits per heavy atom. The van der Waals surface area contributed by atoms with E-state index in [2.05, 4.69) is 47.2 Å². The average Bonchev–Trinajstić information content (AvgIpc) is 2.79. The zero-order valence-electron chi connectivity index (χ0n) is 11.8. The molecule has 19 heavy (non-hydrogen) atoms. The summed E-state index contributed by atoms with van der Waals surface area (Å²) in [5.74, 6) is 2.38. The molecule has 0 bridgehead atoms. The van der Waals surface area contributed by atoms with E-state index in [1.807, 2.05) is 10.7 Å². The molecule has 2 aromatic rings. The maximum Gasteiger partial charge on any atom is 0.159 e. The third-order valence-corrected chi connectivity index (χ3v) is 2.72. The molecule has 0 aromatic carbocycles. The van der Waals surface area contributed by atoms with Crippen LogP contribution in [-0.2, 0) is 6.42 Å². The van der Waals surface area contributed by atoms with Gasteiger partial charge in [-0.25, -0.2) is 9.97 Å². The van der Waals surface area contributed by atoms with Gasteiger partial charge < -0.3 is 5.32 Å². The second-order valence-corrected chi connectivity index (χ2v) is 5.03. The van der Waals surface area contributed by atoms with Crippen molar-refractivity contribution in [3.05, 3.63) is 30.4 Å². The molecule has 0 radical (unpaired) electrons. The summed E-state index contributed by atoms with van der Waals surface area (Å²) in [6.45, 7) is 7.47. The Labute approximate surface area is 114 Å². The third kappa shape index (κ3) is 3.53. The van der Waals surface area contributed by atoms with E-state index in [0.717, 1.165) is 36.7 Å². The summed E-state index contributed by atoms with van der Waals surface area (Å²) in [5.41, 5.74) is 1.09. The van der Waals surface area contributed by atoms with Gasteiger partial charge in [0.25, 0.3) is 0 Å². The molecule has 2 heterocycles. The molecule has 2 rings (SSSR count). The molecule has 0 amide bonds. The highest BCUT2D eigenvalue weighted by molar-refractivity contribution is 5.43. The Morgan fingerprint density at radius 2 is 2.21 bits per heavy atom. The molecule has 0 spiro atoms. The molecular weight excluding hydrogens is 238 g/mol. The zero-order valence-corrected chi connectivity index (χ0v) is 11.8. The van der Waals surface area contributed by atoms with Crippen LogP contribution in [0, 0.1) is 5.92 Å².